The molecule has 0 saturated carbocycles. The summed E-state index contributed by atoms with van der Waals surface area (Å²) in [6.45, 7) is 5.15. The van der Waals surface area contributed by atoms with E-state index in [2.05, 4.69) is 28.9 Å². The van der Waals surface area contributed by atoms with Crippen molar-refractivity contribution < 1.29 is 5.11 Å². The number of hydrogen-bond donors (Lipinski definition) is 2. The SMILES string of the molecule is CC1(c2nc3ccccc3n2CCO)CCNCC1. The predicted molar refractivity (Wildman–Crippen MR) is 76.3 cm³/mol. The molecule has 2 N–H and O–H groups in total. The second kappa shape index (κ2) is 4.94. The molecular formula is C15H21N3O. The highest BCUT2D eigenvalue weighted by Gasteiger charge is 2.33. The maximum absolute atomic E-state index is 9.34. The van der Waals surface area contributed by atoms with E-state index in [-0.39, 0.29) is 12.0 Å². The molecule has 1 saturated heterocycles. The molecule has 0 radical (unpaired) electrons. The average molecular weight is 259 g/mol. The summed E-state index contributed by atoms with van der Waals surface area (Å²) in [5.41, 5.74) is 2.27. The molecule has 1 aliphatic rings. The molecule has 102 valence electrons. The second-order valence-corrected chi connectivity index (χ2v) is 5.61. The number of nitrogens with zero attached hydrogens (tertiary/aromatic N) is 2. The highest BCUT2D eigenvalue weighted by Crippen LogP contribution is 2.34. The minimum Gasteiger partial charge on any atom is -0.395 e. The normalized spacial score (nSPS) is 18.8. The van der Waals surface area contributed by atoms with Crippen LogP contribution in [0.4, 0.5) is 0 Å². The van der Waals surface area contributed by atoms with Gasteiger partial charge in [-0.15, -0.1) is 0 Å². The van der Waals surface area contributed by atoms with E-state index in [1.807, 2.05) is 12.1 Å². The third kappa shape index (κ3) is 2.15. The number of fused-ring (bicyclic) bond motifs is 1. The molecule has 0 aliphatic carbocycles. The maximum atomic E-state index is 9.34. The molecule has 4 heteroatoms. The van der Waals surface area contributed by atoms with Gasteiger partial charge in [-0.2, -0.15) is 0 Å². The maximum Gasteiger partial charge on any atom is 0.116 e. The van der Waals surface area contributed by atoms with Gasteiger partial charge in [0, 0.05) is 12.0 Å². The summed E-state index contributed by atoms with van der Waals surface area (Å²) in [5.74, 6) is 1.13. The van der Waals surface area contributed by atoms with Crippen LogP contribution in [-0.4, -0.2) is 34.4 Å². The summed E-state index contributed by atoms with van der Waals surface area (Å²) in [4.78, 5) is 4.85. The van der Waals surface area contributed by atoms with E-state index in [0.29, 0.717) is 6.54 Å². The topological polar surface area (TPSA) is 50.1 Å². The largest absolute Gasteiger partial charge is 0.395 e. The van der Waals surface area contributed by atoms with Gasteiger partial charge in [0.2, 0.25) is 0 Å². The van der Waals surface area contributed by atoms with E-state index >= 15 is 0 Å². The number of aliphatic hydroxyl groups is 1. The first-order chi connectivity index (χ1) is 9.24. The number of imidazole rings is 1. The van der Waals surface area contributed by atoms with Crippen LogP contribution in [0.5, 0.6) is 0 Å². The molecule has 1 aliphatic heterocycles. The van der Waals surface area contributed by atoms with Crippen molar-refractivity contribution in [3.8, 4) is 0 Å². The molecule has 3 rings (SSSR count). The average Bonchev–Trinajstić information content (AvgIpc) is 2.80. The van der Waals surface area contributed by atoms with Crippen LogP contribution in [-0.2, 0) is 12.0 Å². The van der Waals surface area contributed by atoms with Crippen molar-refractivity contribution in [2.24, 2.45) is 0 Å². The predicted octanol–water partition coefficient (Wildman–Crippen LogP) is 1.67. The Hall–Kier alpha value is -1.39. The first-order valence-electron chi connectivity index (χ1n) is 7.02. The van der Waals surface area contributed by atoms with E-state index in [4.69, 9.17) is 4.98 Å². The fourth-order valence-corrected chi connectivity index (χ4v) is 3.06. The minimum atomic E-state index is 0.111. The van der Waals surface area contributed by atoms with Crippen LogP contribution in [0.1, 0.15) is 25.6 Å². The Balaban J connectivity index is 2.13. The van der Waals surface area contributed by atoms with Crippen LogP contribution in [0.2, 0.25) is 0 Å². The molecule has 0 amide bonds. The fourth-order valence-electron chi connectivity index (χ4n) is 3.06. The minimum absolute atomic E-state index is 0.111. The van der Waals surface area contributed by atoms with Crippen LogP contribution >= 0.6 is 0 Å². The number of piperidine rings is 1. The molecule has 0 unspecified atom stereocenters. The first-order valence-corrected chi connectivity index (χ1v) is 7.02. The number of para-hydroxylation sites is 2. The third-order valence-electron chi connectivity index (χ3n) is 4.23. The zero-order valence-corrected chi connectivity index (χ0v) is 11.4. The molecule has 1 aromatic carbocycles. The van der Waals surface area contributed by atoms with Gasteiger partial charge in [0.25, 0.3) is 0 Å². The van der Waals surface area contributed by atoms with Gasteiger partial charge < -0.3 is 15.0 Å². The Bertz CT molecular complexity index is 570. The fraction of sp³-hybridized carbons (Fsp3) is 0.533. The Labute approximate surface area is 113 Å². The highest BCUT2D eigenvalue weighted by molar-refractivity contribution is 5.76. The lowest BCUT2D eigenvalue weighted by atomic mass is 9.80. The monoisotopic (exact) mass is 259 g/mol. The van der Waals surface area contributed by atoms with E-state index in [1.165, 1.54) is 0 Å². The molecule has 0 atom stereocenters. The molecule has 1 aromatic heterocycles. The van der Waals surface area contributed by atoms with Gasteiger partial charge in [0.1, 0.15) is 5.82 Å². The van der Waals surface area contributed by atoms with Crippen molar-refractivity contribution in [2.75, 3.05) is 19.7 Å². The molecule has 19 heavy (non-hydrogen) atoms. The van der Waals surface area contributed by atoms with E-state index in [0.717, 1.165) is 42.8 Å². The van der Waals surface area contributed by atoms with Crippen LogP contribution < -0.4 is 5.32 Å². The summed E-state index contributed by atoms with van der Waals surface area (Å²) >= 11 is 0. The van der Waals surface area contributed by atoms with Crippen LogP contribution in [0, 0.1) is 0 Å². The lowest BCUT2D eigenvalue weighted by molar-refractivity contribution is 0.262. The zero-order valence-electron chi connectivity index (χ0n) is 11.4. The summed E-state index contributed by atoms with van der Waals surface area (Å²) in [6, 6.07) is 8.20. The van der Waals surface area contributed by atoms with E-state index in [1.54, 1.807) is 0 Å². The smallest absolute Gasteiger partial charge is 0.116 e. The number of aromatic nitrogens is 2. The van der Waals surface area contributed by atoms with Gasteiger partial charge in [-0.3, -0.25) is 0 Å². The number of rotatable bonds is 3. The number of benzene rings is 1. The van der Waals surface area contributed by atoms with Crippen molar-refractivity contribution in [2.45, 2.75) is 31.7 Å². The first kappa shape index (κ1) is 12.6. The molecule has 0 bridgehead atoms. The van der Waals surface area contributed by atoms with Gasteiger partial charge in [0.05, 0.1) is 17.6 Å². The molecular weight excluding hydrogens is 238 g/mol. The molecule has 4 nitrogen and oxygen atoms in total. The number of aliphatic hydroxyl groups excluding tert-OH is 1. The van der Waals surface area contributed by atoms with Crippen molar-refractivity contribution in [1.82, 2.24) is 14.9 Å². The van der Waals surface area contributed by atoms with Crippen LogP contribution in [0.25, 0.3) is 11.0 Å². The van der Waals surface area contributed by atoms with Gasteiger partial charge >= 0.3 is 0 Å². The van der Waals surface area contributed by atoms with Gasteiger partial charge in [0.15, 0.2) is 0 Å². The Morgan fingerprint density at radius 3 is 2.79 bits per heavy atom. The standard InChI is InChI=1S/C15H21N3O/c1-15(6-8-16-9-7-15)14-17-12-4-2-3-5-13(12)18(14)10-11-19/h2-5,16,19H,6-11H2,1H3. The highest BCUT2D eigenvalue weighted by atomic mass is 16.3. The van der Waals surface area contributed by atoms with E-state index < -0.39 is 0 Å². The summed E-state index contributed by atoms with van der Waals surface area (Å²) in [7, 11) is 0. The van der Waals surface area contributed by atoms with Gasteiger partial charge in [-0.1, -0.05) is 19.1 Å². The van der Waals surface area contributed by atoms with Crippen LogP contribution in [0.15, 0.2) is 24.3 Å². The van der Waals surface area contributed by atoms with Crippen LogP contribution in [0.3, 0.4) is 0 Å². The van der Waals surface area contributed by atoms with Gasteiger partial charge in [-0.25, -0.2) is 4.98 Å². The quantitative estimate of drug-likeness (QED) is 0.881. The third-order valence-corrected chi connectivity index (χ3v) is 4.23. The Morgan fingerprint density at radius 2 is 2.05 bits per heavy atom. The Morgan fingerprint density at radius 1 is 1.32 bits per heavy atom. The van der Waals surface area contributed by atoms with Crippen molar-refractivity contribution in [1.29, 1.82) is 0 Å². The lowest BCUT2D eigenvalue weighted by Crippen LogP contribution is -2.39. The molecule has 1 fully saturated rings. The van der Waals surface area contributed by atoms with E-state index in [9.17, 15) is 5.11 Å². The number of hydrogen-bond acceptors (Lipinski definition) is 3. The Kier molecular flexibility index (Phi) is 3.29. The van der Waals surface area contributed by atoms with Crippen molar-refractivity contribution in [3.05, 3.63) is 30.1 Å². The molecule has 0 spiro atoms. The van der Waals surface area contributed by atoms with Crippen molar-refractivity contribution >= 4 is 11.0 Å². The second-order valence-electron chi connectivity index (χ2n) is 5.61. The summed E-state index contributed by atoms with van der Waals surface area (Å²) in [5, 5.41) is 12.8. The summed E-state index contributed by atoms with van der Waals surface area (Å²) in [6.07, 6.45) is 2.20. The molecule has 2 aromatic rings. The lowest BCUT2D eigenvalue weighted by Gasteiger charge is -2.33. The van der Waals surface area contributed by atoms with Crippen molar-refractivity contribution in [3.63, 3.8) is 0 Å². The van der Waals surface area contributed by atoms with Gasteiger partial charge in [-0.05, 0) is 38.1 Å². The number of nitrogens with one attached hydrogen (secondary N) is 1. The summed E-state index contributed by atoms with van der Waals surface area (Å²) < 4.78 is 2.20. The zero-order chi connectivity index (χ0) is 13.3. The molecule has 2 heterocycles.